The maximum Gasteiger partial charge on any atom is 0.315 e. The number of halogens is 1. The number of carbonyl (C=O) groups is 1. The maximum atomic E-state index is 11.9. The first-order chi connectivity index (χ1) is 11.4. The lowest BCUT2D eigenvalue weighted by atomic mass is 10.1. The van der Waals surface area contributed by atoms with E-state index in [1.54, 1.807) is 31.2 Å². The van der Waals surface area contributed by atoms with Crippen LogP contribution < -0.4 is 16.2 Å². The van der Waals surface area contributed by atoms with E-state index >= 15 is 0 Å². The van der Waals surface area contributed by atoms with Crippen LogP contribution in [0.4, 0.5) is 4.79 Å². The fourth-order valence-corrected chi connectivity index (χ4v) is 2.45. The Hall–Kier alpha value is -2.31. The fraction of sp³-hybridized carbons (Fsp3) is 0.294. The van der Waals surface area contributed by atoms with Crippen LogP contribution in [0.15, 0.2) is 35.1 Å². The number of hydrogen-bond donors (Lipinski definition) is 4. The van der Waals surface area contributed by atoms with Crippen molar-refractivity contribution in [3.8, 4) is 0 Å². The minimum absolute atomic E-state index is 0.0523. The molecule has 0 fully saturated rings. The first kappa shape index (κ1) is 18.0. The summed E-state index contributed by atoms with van der Waals surface area (Å²) < 4.78 is 0. The number of nitrogens with one attached hydrogen (secondary N) is 3. The lowest BCUT2D eigenvalue weighted by Crippen LogP contribution is -2.38. The van der Waals surface area contributed by atoms with Gasteiger partial charge in [-0.05, 0) is 43.2 Å². The highest BCUT2D eigenvalue weighted by Crippen LogP contribution is 2.15. The molecule has 2 amide bonds. The van der Waals surface area contributed by atoms with Gasteiger partial charge in [-0.2, -0.15) is 0 Å². The van der Waals surface area contributed by atoms with E-state index in [9.17, 15) is 14.7 Å². The smallest absolute Gasteiger partial charge is 0.315 e. The minimum atomic E-state index is -0.836. The quantitative estimate of drug-likeness (QED) is 0.666. The van der Waals surface area contributed by atoms with Crippen LogP contribution in [0.2, 0.25) is 5.02 Å². The number of rotatable bonds is 5. The Bertz CT molecular complexity index is 772. The van der Waals surface area contributed by atoms with Crippen molar-refractivity contribution in [2.75, 3.05) is 6.54 Å². The third-order valence-corrected chi connectivity index (χ3v) is 3.88. The molecule has 1 aromatic carbocycles. The summed E-state index contributed by atoms with van der Waals surface area (Å²) in [6.45, 7) is 3.79. The first-order valence-electron chi connectivity index (χ1n) is 7.51. The number of benzene rings is 1. The van der Waals surface area contributed by atoms with Gasteiger partial charge in [0.15, 0.2) is 0 Å². The number of hydrogen-bond acceptors (Lipinski definition) is 3. The molecule has 1 aromatic heterocycles. The molecule has 2 rings (SSSR count). The summed E-state index contributed by atoms with van der Waals surface area (Å²) >= 11 is 5.79. The molecule has 1 heterocycles. The van der Waals surface area contributed by atoms with Gasteiger partial charge in [-0.1, -0.05) is 23.7 Å². The van der Waals surface area contributed by atoms with Crippen molar-refractivity contribution < 1.29 is 9.90 Å². The molecule has 128 valence electrons. The highest BCUT2D eigenvalue weighted by atomic mass is 35.5. The van der Waals surface area contributed by atoms with Gasteiger partial charge in [0.25, 0.3) is 5.56 Å². The molecule has 6 nitrogen and oxygen atoms in total. The van der Waals surface area contributed by atoms with Gasteiger partial charge >= 0.3 is 6.03 Å². The monoisotopic (exact) mass is 349 g/mol. The summed E-state index contributed by atoms with van der Waals surface area (Å²) in [4.78, 5) is 26.4. The minimum Gasteiger partial charge on any atom is -0.387 e. The molecule has 2 aromatic rings. The average Bonchev–Trinajstić information content (AvgIpc) is 2.52. The molecule has 0 spiro atoms. The summed E-state index contributed by atoms with van der Waals surface area (Å²) in [7, 11) is 0. The van der Waals surface area contributed by atoms with Crippen molar-refractivity contribution in [2.45, 2.75) is 26.5 Å². The summed E-state index contributed by atoms with van der Waals surface area (Å²) in [5.41, 5.74) is 2.54. The fourth-order valence-electron chi connectivity index (χ4n) is 2.32. The number of amides is 2. The van der Waals surface area contributed by atoms with E-state index in [0.29, 0.717) is 16.1 Å². The Morgan fingerprint density at radius 1 is 1.25 bits per heavy atom. The molecule has 4 N–H and O–H groups in total. The summed E-state index contributed by atoms with van der Waals surface area (Å²) in [5, 5.41) is 15.8. The van der Waals surface area contributed by atoms with Gasteiger partial charge in [0.05, 0.1) is 12.6 Å². The second-order valence-electron chi connectivity index (χ2n) is 5.57. The van der Waals surface area contributed by atoms with E-state index in [-0.39, 0.29) is 18.6 Å². The number of aryl methyl sites for hydroxylation is 2. The second kappa shape index (κ2) is 7.99. The van der Waals surface area contributed by atoms with Crippen LogP contribution in [-0.2, 0) is 6.54 Å². The van der Waals surface area contributed by atoms with Crippen LogP contribution in [0.1, 0.15) is 28.5 Å². The van der Waals surface area contributed by atoms with Gasteiger partial charge in [0.1, 0.15) is 0 Å². The van der Waals surface area contributed by atoms with Crippen molar-refractivity contribution in [3.63, 3.8) is 0 Å². The lowest BCUT2D eigenvalue weighted by molar-refractivity contribution is 0.173. The van der Waals surface area contributed by atoms with E-state index < -0.39 is 12.1 Å². The van der Waals surface area contributed by atoms with Gasteiger partial charge in [-0.3, -0.25) is 4.79 Å². The predicted molar refractivity (Wildman–Crippen MR) is 93.2 cm³/mol. The van der Waals surface area contributed by atoms with Gasteiger partial charge < -0.3 is 20.7 Å². The maximum absolute atomic E-state index is 11.9. The zero-order valence-corrected chi connectivity index (χ0v) is 14.3. The molecule has 0 saturated carbocycles. The summed E-state index contributed by atoms with van der Waals surface area (Å²) in [5.74, 6) is 0. The predicted octanol–water partition coefficient (Wildman–Crippen LogP) is 2.18. The standard InChI is InChI=1S/C17H20ClN3O3/c1-10-7-11(2)21-16(23)14(10)8-19-17(24)20-9-15(22)12-3-5-13(18)6-4-12/h3-7,15,22H,8-9H2,1-2H3,(H,21,23)(H2,19,20,24)/t15-/m0/s1. The summed E-state index contributed by atoms with van der Waals surface area (Å²) in [6, 6.07) is 8.13. The van der Waals surface area contributed by atoms with Crippen molar-refractivity contribution in [3.05, 3.63) is 68.1 Å². The third-order valence-electron chi connectivity index (χ3n) is 3.63. The number of H-pyrrole nitrogens is 1. The molecule has 0 unspecified atom stereocenters. The van der Waals surface area contributed by atoms with Gasteiger partial charge in [-0.25, -0.2) is 4.79 Å². The number of carbonyl (C=O) groups excluding carboxylic acids is 1. The van der Waals surface area contributed by atoms with Crippen molar-refractivity contribution >= 4 is 17.6 Å². The van der Waals surface area contributed by atoms with Crippen LogP contribution in [0.5, 0.6) is 0 Å². The molecule has 0 saturated heterocycles. The number of aromatic nitrogens is 1. The van der Waals surface area contributed by atoms with E-state index in [4.69, 9.17) is 11.6 Å². The zero-order valence-electron chi connectivity index (χ0n) is 13.5. The Morgan fingerprint density at radius 2 is 1.92 bits per heavy atom. The summed E-state index contributed by atoms with van der Waals surface area (Å²) in [6.07, 6.45) is -0.836. The van der Waals surface area contributed by atoms with Crippen molar-refractivity contribution in [2.24, 2.45) is 0 Å². The molecular formula is C17H20ClN3O3. The zero-order chi connectivity index (χ0) is 17.7. The third kappa shape index (κ3) is 4.84. The first-order valence-corrected chi connectivity index (χ1v) is 7.89. The number of aliphatic hydroxyl groups is 1. The van der Waals surface area contributed by atoms with Crippen LogP contribution in [0, 0.1) is 13.8 Å². The lowest BCUT2D eigenvalue weighted by Gasteiger charge is -2.13. The molecule has 0 aliphatic rings. The van der Waals surface area contributed by atoms with Crippen molar-refractivity contribution in [1.82, 2.24) is 15.6 Å². The second-order valence-corrected chi connectivity index (χ2v) is 6.01. The number of aromatic amines is 1. The highest BCUT2D eigenvalue weighted by molar-refractivity contribution is 6.30. The molecular weight excluding hydrogens is 330 g/mol. The van der Waals surface area contributed by atoms with Gasteiger partial charge in [0, 0.05) is 22.8 Å². The number of urea groups is 1. The van der Waals surface area contributed by atoms with E-state index in [2.05, 4.69) is 15.6 Å². The highest BCUT2D eigenvalue weighted by Gasteiger charge is 2.11. The number of pyridine rings is 1. The Labute approximate surface area is 144 Å². The Kier molecular flexibility index (Phi) is 6.00. The van der Waals surface area contributed by atoms with Crippen LogP contribution in [0.3, 0.4) is 0 Å². The molecule has 0 radical (unpaired) electrons. The largest absolute Gasteiger partial charge is 0.387 e. The molecule has 0 aliphatic carbocycles. The molecule has 24 heavy (non-hydrogen) atoms. The van der Waals surface area contributed by atoms with Crippen LogP contribution in [-0.4, -0.2) is 22.7 Å². The SMILES string of the molecule is Cc1cc(C)c(CNC(=O)NC[C@H](O)c2ccc(Cl)cc2)c(=O)[nH]1. The van der Waals surface area contributed by atoms with Crippen molar-refractivity contribution in [1.29, 1.82) is 0 Å². The van der Waals surface area contributed by atoms with Gasteiger partial charge in [-0.15, -0.1) is 0 Å². The number of aliphatic hydroxyl groups excluding tert-OH is 1. The molecule has 1 atom stereocenters. The molecule has 0 aliphatic heterocycles. The van der Waals surface area contributed by atoms with E-state index in [0.717, 1.165) is 11.3 Å². The molecule has 0 bridgehead atoms. The van der Waals surface area contributed by atoms with E-state index in [1.165, 1.54) is 0 Å². The van der Waals surface area contributed by atoms with Crippen LogP contribution >= 0.6 is 11.6 Å². The van der Waals surface area contributed by atoms with E-state index in [1.807, 2.05) is 13.0 Å². The normalized spacial score (nSPS) is 11.8. The topological polar surface area (TPSA) is 94.2 Å². The molecule has 7 heteroatoms. The Morgan fingerprint density at radius 3 is 2.54 bits per heavy atom. The average molecular weight is 350 g/mol. The van der Waals surface area contributed by atoms with Crippen LogP contribution in [0.25, 0.3) is 0 Å². The Balaban J connectivity index is 1.86. The van der Waals surface area contributed by atoms with Gasteiger partial charge in [0.2, 0.25) is 0 Å².